The van der Waals surface area contributed by atoms with Gasteiger partial charge in [-0.05, 0) is 49.7 Å². The van der Waals surface area contributed by atoms with Gasteiger partial charge >= 0.3 is 0 Å². The van der Waals surface area contributed by atoms with Crippen LogP contribution in [0.5, 0.6) is 0 Å². The molecule has 3 rings (SSSR count). The van der Waals surface area contributed by atoms with Gasteiger partial charge in [-0.25, -0.2) is 0 Å². The molecule has 0 aromatic heterocycles. The highest BCUT2D eigenvalue weighted by molar-refractivity contribution is 6.04. The summed E-state index contributed by atoms with van der Waals surface area (Å²) < 4.78 is 0. The SMILES string of the molecule is Cc1ccc(C(=O)NC(C)c2cccc(NC(=O)c3ccccc3)c2)cc1[N+](=O)[O-]. The van der Waals surface area contributed by atoms with Crippen molar-refractivity contribution < 1.29 is 14.5 Å². The summed E-state index contributed by atoms with van der Waals surface area (Å²) >= 11 is 0. The van der Waals surface area contributed by atoms with Gasteiger partial charge in [-0.3, -0.25) is 19.7 Å². The Kier molecular flexibility index (Phi) is 6.22. The van der Waals surface area contributed by atoms with Crippen molar-refractivity contribution in [2.45, 2.75) is 19.9 Å². The van der Waals surface area contributed by atoms with Crippen LogP contribution in [0.25, 0.3) is 0 Å². The third-order valence-electron chi connectivity index (χ3n) is 4.70. The number of hydrogen-bond donors (Lipinski definition) is 2. The van der Waals surface area contributed by atoms with Gasteiger partial charge in [0, 0.05) is 28.4 Å². The normalized spacial score (nSPS) is 11.4. The van der Waals surface area contributed by atoms with Crippen molar-refractivity contribution in [1.29, 1.82) is 0 Å². The van der Waals surface area contributed by atoms with E-state index in [1.165, 1.54) is 6.07 Å². The van der Waals surface area contributed by atoms with Crippen LogP contribution in [0.1, 0.15) is 44.8 Å². The van der Waals surface area contributed by atoms with Crippen LogP contribution in [0.4, 0.5) is 11.4 Å². The van der Waals surface area contributed by atoms with Gasteiger partial charge in [0.05, 0.1) is 11.0 Å². The molecule has 0 aliphatic carbocycles. The van der Waals surface area contributed by atoms with Crippen molar-refractivity contribution in [3.8, 4) is 0 Å². The smallest absolute Gasteiger partial charge is 0.273 e. The third kappa shape index (κ3) is 4.88. The van der Waals surface area contributed by atoms with Crippen LogP contribution in [0.15, 0.2) is 72.8 Å². The molecule has 7 heteroatoms. The molecule has 3 aromatic carbocycles. The zero-order valence-electron chi connectivity index (χ0n) is 16.6. The Morgan fingerprint density at radius 2 is 1.63 bits per heavy atom. The van der Waals surface area contributed by atoms with Crippen molar-refractivity contribution in [1.82, 2.24) is 5.32 Å². The van der Waals surface area contributed by atoms with Crippen molar-refractivity contribution in [3.05, 3.63) is 105 Å². The lowest BCUT2D eigenvalue weighted by molar-refractivity contribution is -0.385. The minimum atomic E-state index is -0.506. The Bertz CT molecular complexity index is 1100. The molecule has 0 saturated carbocycles. The summed E-state index contributed by atoms with van der Waals surface area (Å²) in [7, 11) is 0. The van der Waals surface area contributed by atoms with Gasteiger partial charge in [0.1, 0.15) is 0 Å². The van der Waals surface area contributed by atoms with E-state index >= 15 is 0 Å². The second kappa shape index (κ2) is 9.00. The van der Waals surface area contributed by atoms with E-state index in [0.29, 0.717) is 16.8 Å². The first-order chi connectivity index (χ1) is 14.3. The van der Waals surface area contributed by atoms with Gasteiger partial charge in [-0.1, -0.05) is 36.4 Å². The number of rotatable bonds is 6. The molecule has 0 heterocycles. The maximum atomic E-state index is 12.6. The summed E-state index contributed by atoms with van der Waals surface area (Å²) in [5.74, 6) is -0.638. The van der Waals surface area contributed by atoms with E-state index in [1.54, 1.807) is 68.4 Å². The summed E-state index contributed by atoms with van der Waals surface area (Å²) in [6, 6.07) is 20.0. The number of carbonyl (C=O) groups excluding carboxylic acids is 2. The minimum Gasteiger partial charge on any atom is -0.346 e. The van der Waals surface area contributed by atoms with E-state index in [0.717, 1.165) is 5.56 Å². The molecule has 0 aliphatic rings. The molecule has 2 N–H and O–H groups in total. The predicted molar refractivity (Wildman–Crippen MR) is 115 cm³/mol. The van der Waals surface area contributed by atoms with Crippen LogP contribution in [0, 0.1) is 17.0 Å². The number of carbonyl (C=O) groups is 2. The maximum absolute atomic E-state index is 12.6. The molecule has 152 valence electrons. The largest absolute Gasteiger partial charge is 0.346 e. The second-order valence-corrected chi connectivity index (χ2v) is 6.90. The zero-order chi connectivity index (χ0) is 21.7. The Morgan fingerprint density at radius 1 is 0.900 bits per heavy atom. The predicted octanol–water partition coefficient (Wildman–Crippen LogP) is 4.65. The van der Waals surface area contributed by atoms with Crippen LogP contribution >= 0.6 is 0 Å². The van der Waals surface area contributed by atoms with Gasteiger partial charge in [-0.15, -0.1) is 0 Å². The Hall–Kier alpha value is -4.00. The first-order valence-corrected chi connectivity index (χ1v) is 9.37. The molecule has 1 atom stereocenters. The van der Waals surface area contributed by atoms with E-state index in [-0.39, 0.29) is 23.2 Å². The summed E-state index contributed by atoms with van der Waals surface area (Å²) in [6.07, 6.45) is 0. The van der Waals surface area contributed by atoms with Gasteiger partial charge in [-0.2, -0.15) is 0 Å². The molecule has 0 radical (unpaired) electrons. The third-order valence-corrected chi connectivity index (χ3v) is 4.70. The number of nitrogens with one attached hydrogen (secondary N) is 2. The monoisotopic (exact) mass is 403 g/mol. The van der Waals surface area contributed by atoms with Crippen molar-refractivity contribution in [3.63, 3.8) is 0 Å². The Balaban J connectivity index is 1.71. The highest BCUT2D eigenvalue weighted by atomic mass is 16.6. The van der Waals surface area contributed by atoms with Crippen molar-refractivity contribution in [2.75, 3.05) is 5.32 Å². The maximum Gasteiger partial charge on any atom is 0.273 e. The number of anilines is 1. The molecule has 2 amide bonds. The van der Waals surface area contributed by atoms with Gasteiger partial charge in [0.25, 0.3) is 17.5 Å². The molecule has 1 unspecified atom stereocenters. The van der Waals surface area contributed by atoms with Gasteiger partial charge in [0.2, 0.25) is 0 Å². The second-order valence-electron chi connectivity index (χ2n) is 6.90. The number of amides is 2. The van der Waals surface area contributed by atoms with E-state index < -0.39 is 10.8 Å². The van der Waals surface area contributed by atoms with Crippen LogP contribution in [0.2, 0.25) is 0 Å². The first-order valence-electron chi connectivity index (χ1n) is 9.37. The van der Waals surface area contributed by atoms with Crippen molar-refractivity contribution >= 4 is 23.2 Å². The minimum absolute atomic E-state index is 0.0964. The van der Waals surface area contributed by atoms with E-state index in [4.69, 9.17) is 0 Å². The van der Waals surface area contributed by atoms with Gasteiger partial charge in [0.15, 0.2) is 0 Å². The summed E-state index contributed by atoms with van der Waals surface area (Å²) in [5.41, 5.74) is 2.55. The lowest BCUT2D eigenvalue weighted by Crippen LogP contribution is -2.26. The number of hydrogen-bond acceptors (Lipinski definition) is 4. The summed E-state index contributed by atoms with van der Waals surface area (Å²) in [5, 5.41) is 16.8. The fourth-order valence-electron chi connectivity index (χ4n) is 2.99. The molecular weight excluding hydrogens is 382 g/mol. The zero-order valence-corrected chi connectivity index (χ0v) is 16.6. The molecule has 0 saturated heterocycles. The molecule has 0 spiro atoms. The topological polar surface area (TPSA) is 101 Å². The van der Waals surface area contributed by atoms with Crippen LogP contribution in [0.3, 0.4) is 0 Å². The molecular formula is C23H21N3O4. The lowest BCUT2D eigenvalue weighted by Gasteiger charge is -2.16. The first kappa shape index (κ1) is 20.7. The number of benzene rings is 3. The van der Waals surface area contributed by atoms with Crippen molar-refractivity contribution in [2.24, 2.45) is 0 Å². The molecule has 3 aromatic rings. The fraction of sp³-hybridized carbons (Fsp3) is 0.130. The molecule has 7 nitrogen and oxygen atoms in total. The lowest BCUT2D eigenvalue weighted by atomic mass is 10.1. The molecule has 30 heavy (non-hydrogen) atoms. The number of nitrogens with zero attached hydrogens (tertiary/aromatic N) is 1. The van der Waals surface area contributed by atoms with Crippen LogP contribution in [-0.4, -0.2) is 16.7 Å². The van der Waals surface area contributed by atoms with Crippen LogP contribution < -0.4 is 10.6 Å². The highest BCUT2D eigenvalue weighted by Crippen LogP contribution is 2.21. The average Bonchev–Trinajstić information content (AvgIpc) is 2.74. The Morgan fingerprint density at radius 3 is 2.33 bits per heavy atom. The molecule has 0 bridgehead atoms. The average molecular weight is 403 g/mol. The van der Waals surface area contributed by atoms with E-state index in [2.05, 4.69) is 10.6 Å². The molecule has 0 fully saturated rings. The van der Waals surface area contributed by atoms with E-state index in [1.807, 2.05) is 12.1 Å². The quantitative estimate of drug-likeness (QED) is 0.462. The standard InChI is InChI=1S/C23H21N3O4/c1-15-11-12-19(14-21(15)26(29)30)23(28)24-16(2)18-9-6-10-20(13-18)25-22(27)17-7-4-3-5-8-17/h3-14,16H,1-2H3,(H,24,28)(H,25,27). The summed E-state index contributed by atoms with van der Waals surface area (Å²) in [4.78, 5) is 35.5. The fourth-order valence-corrected chi connectivity index (χ4v) is 2.99. The number of nitro benzene ring substituents is 1. The Labute approximate surface area is 173 Å². The summed E-state index contributed by atoms with van der Waals surface area (Å²) in [6.45, 7) is 3.43. The molecule has 0 aliphatic heterocycles. The van der Waals surface area contributed by atoms with Gasteiger partial charge < -0.3 is 10.6 Å². The number of aryl methyl sites for hydroxylation is 1. The highest BCUT2D eigenvalue weighted by Gasteiger charge is 2.17. The van der Waals surface area contributed by atoms with Crippen LogP contribution in [-0.2, 0) is 0 Å². The number of nitro groups is 1. The van der Waals surface area contributed by atoms with E-state index in [9.17, 15) is 19.7 Å².